The third-order valence-electron chi connectivity index (χ3n) is 2.84. The highest BCUT2D eigenvalue weighted by Gasteiger charge is 2.17. The summed E-state index contributed by atoms with van der Waals surface area (Å²) in [5, 5.41) is 18.4. The second-order valence-corrected chi connectivity index (χ2v) is 5.78. The highest BCUT2D eigenvalue weighted by Crippen LogP contribution is 2.35. The molecule has 0 fully saturated rings. The van der Waals surface area contributed by atoms with Gasteiger partial charge in [-0.05, 0) is 24.3 Å². The molecule has 1 heterocycles. The Bertz CT molecular complexity index is 839. The fraction of sp³-hybridized carbons (Fsp3) is 0. The van der Waals surface area contributed by atoms with Crippen molar-refractivity contribution in [3.63, 3.8) is 0 Å². The number of aromatic carboxylic acids is 1. The largest absolute Gasteiger partial charge is 0.476 e. The number of fused-ring (bicyclic) bond motifs is 1. The number of rotatable bonds is 3. The minimum Gasteiger partial charge on any atom is -0.476 e. The van der Waals surface area contributed by atoms with E-state index in [4.69, 9.17) is 11.6 Å². The lowest BCUT2D eigenvalue weighted by Crippen LogP contribution is -2.05. The van der Waals surface area contributed by atoms with Gasteiger partial charge in [-0.3, -0.25) is 0 Å². The fourth-order valence-electron chi connectivity index (χ4n) is 1.92. The lowest BCUT2D eigenvalue weighted by molar-refractivity contribution is 0.0685. The number of aromatic nitrogens is 2. The first kappa shape index (κ1) is 13.9. The molecule has 0 atom stereocenters. The summed E-state index contributed by atoms with van der Waals surface area (Å²) in [4.78, 5) is 12.8. The van der Waals surface area contributed by atoms with Crippen LogP contribution in [0.4, 0.5) is 0 Å². The summed E-state index contributed by atoms with van der Waals surface area (Å²) in [7, 11) is 0. The van der Waals surface area contributed by atoms with Crippen LogP contribution in [0, 0.1) is 0 Å². The van der Waals surface area contributed by atoms with E-state index in [9.17, 15) is 9.90 Å². The van der Waals surface area contributed by atoms with Gasteiger partial charge in [0.1, 0.15) is 0 Å². The second kappa shape index (κ2) is 5.71. The van der Waals surface area contributed by atoms with Gasteiger partial charge in [0.05, 0.1) is 10.4 Å². The molecular weight excluding hydrogens is 308 g/mol. The average molecular weight is 317 g/mol. The molecule has 104 valence electrons. The fourth-order valence-corrected chi connectivity index (χ4v) is 3.25. The number of nitrogens with zero attached hydrogens (tertiary/aromatic N) is 2. The Morgan fingerprint density at radius 1 is 1.10 bits per heavy atom. The maximum absolute atomic E-state index is 11.4. The Morgan fingerprint density at radius 2 is 1.90 bits per heavy atom. The zero-order chi connectivity index (χ0) is 14.8. The van der Waals surface area contributed by atoms with Crippen LogP contribution in [0.3, 0.4) is 0 Å². The highest BCUT2D eigenvalue weighted by molar-refractivity contribution is 7.99. The molecule has 4 nitrogen and oxygen atoms in total. The smallest absolute Gasteiger partial charge is 0.357 e. The second-order valence-electron chi connectivity index (χ2n) is 4.26. The van der Waals surface area contributed by atoms with Gasteiger partial charge < -0.3 is 5.11 Å². The molecule has 0 aliphatic rings. The Morgan fingerprint density at radius 3 is 2.67 bits per heavy atom. The van der Waals surface area contributed by atoms with Crippen molar-refractivity contribution in [2.45, 2.75) is 9.79 Å². The van der Waals surface area contributed by atoms with Gasteiger partial charge in [-0.2, -0.15) is 0 Å². The summed E-state index contributed by atoms with van der Waals surface area (Å²) in [5.41, 5.74) is 0.603. The summed E-state index contributed by atoms with van der Waals surface area (Å²) in [5.74, 6) is -1.10. The first-order chi connectivity index (χ1) is 10.1. The van der Waals surface area contributed by atoms with Gasteiger partial charge in [0, 0.05) is 15.3 Å². The molecule has 3 rings (SSSR count). The molecule has 0 aliphatic carbocycles. The van der Waals surface area contributed by atoms with Gasteiger partial charge >= 0.3 is 5.97 Å². The first-order valence-electron chi connectivity index (χ1n) is 6.07. The van der Waals surface area contributed by atoms with Crippen LogP contribution in [0.2, 0.25) is 5.02 Å². The number of benzene rings is 2. The van der Waals surface area contributed by atoms with Crippen LogP contribution < -0.4 is 0 Å². The maximum atomic E-state index is 11.4. The zero-order valence-electron chi connectivity index (χ0n) is 10.7. The predicted octanol–water partition coefficient (Wildman–Crippen LogP) is 4.13. The Hall–Kier alpha value is -2.11. The highest BCUT2D eigenvalue weighted by atomic mass is 35.5. The van der Waals surface area contributed by atoms with E-state index in [1.807, 2.05) is 30.3 Å². The van der Waals surface area contributed by atoms with Crippen molar-refractivity contribution in [2.75, 3.05) is 0 Å². The first-order valence-corrected chi connectivity index (χ1v) is 7.27. The Balaban J connectivity index is 2.18. The quantitative estimate of drug-likeness (QED) is 0.787. The zero-order valence-corrected chi connectivity index (χ0v) is 12.2. The van der Waals surface area contributed by atoms with Crippen LogP contribution in [0.15, 0.2) is 58.3 Å². The minimum atomic E-state index is -1.10. The number of halogens is 1. The van der Waals surface area contributed by atoms with E-state index in [2.05, 4.69) is 10.2 Å². The third-order valence-corrected chi connectivity index (χ3v) is 4.18. The van der Waals surface area contributed by atoms with E-state index in [-0.39, 0.29) is 5.69 Å². The molecule has 21 heavy (non-hydrogen) atoms. The molecule has 0 saturated heterocycles. The van der Waals surface area contributed by atoms with Gasteiger partial charge in [-0.15, -0.1) is 10.2 Å². The van der Waals surface area contributed by atoms with E-state index >= 15 is 0 Å². The average Bonchev–Trinajstić information content (AvgIpc) is 2.47. The molecule has 2 aromatic carbocycles. The standard InChI is InChI=1S/C15H9ClN2O2S/c16-9-4-3-5-10(8-9)21-14-11-6-1-2-7-12(11)17-18-13(14)15(19)20/h1-8H,(H,19,20). The SMILES string of the molecule is O=C(O)c1nnc2ccccc2c1Sc1cccc(Cl)c1. The molecule has 0 bridgehead atoms. The van der Waals surface area contributed by atoms with Gasteiger partial charge in [-0.1, -0.05) is 47.6 Å². The molecule has 0 amide bonds. The van der Waals surface area contributed by atoms with Gasteiger partial charge in [-0.25, -0.2) is 4.79 Å². The van der Waals surface area contributed by atoms with Gasteiger partial charge in [0.2, 0.25) is 0 Å². The van der Waals surface area contributed by atoms with E-state index in [1.54, 1.807) is 18.2 Å². The van der Waals surface area contributed by atoms with Crippen molar-refractivity contribution < 1.29 is 9.90 Å². The van der Waals surface area contributed by atoms with Crippen molar-refractivity contribution in [3.8, 4) is 0 Å². The topological polar surface area (TPSA) is 63.1 Å². The van der Waals surface area contributed by atoms with Crippen molar-refractivity contribution in [1.82, 2.24) is 10.2 Å². The molecular formula is C15H9ClN2O2S. The van der Waals surface area contributed by atoms with E-state index in [1.165, 1.54) is 11.8 Å². The minimum absolute atomic E-state index is 0.0568. The number of carboxylic acid groups (broad SMARTS) is 1. The van der Waals surface area contributed by atoms with Crippen LogP contribution in [0.25, 0.3) is 10.9 Å². The van der Waals surface area contributed by atoms with Crippen LogP contribution in [-0.4, -0.2) is 21.3 Å². The Kier molecular flexibility index (Phi) is 3.77. The van der Waals surface area contributed by atoms with E-state index in [0.717, 1.165) is 10.3 Å². The third kappa shape index (κ3) is 2.84. The molecule has 1 N–H and O–H groups in total. The van der Waals surface area contributed by atoms with E-state index < -0.39 is 5.97 Å². The number of hydrogen-bond acceptors (Lipinski definition) is 4. The summed E-state index contributed by atoms with van der Waals surface area (Å²) in [6, 6.07) is 14.6. The lowest BCUT2D eigenvalue weighted by Gasteiger charge is -2.08. The molecule has 0 radical (unpaired) electrons. The predicted molar refractivity (Wildman–Crippen MR) is 82.1 cm³/mol. The molecule has 6 heteroatoms. The number of carbonyl (C=O) groups is 1. The maximum Gasteiger partial charge on any atom is 0.357 e. The van der Waals surface area contributed by atoms with Crippen LogP contribution in [-0.2, 0) is 0 Å². The number of hydrogen-bond donors (Lipinski definition) is 1. The summed E-state index contributed by atoms with van der Waals surface area (Å²) >= 11 is 7.29. The monoisotopic (exact) mass is 316 g/mol. The normalized spacial score (nSPS) is 10.7. The van der Waals surface area contributed by atoms with Crippen molar-refractivity contribution in [1.29, 1.82) is 0 Å². The molecule has 0 saturated carbocycles. The van der Waals surface area contributed by atoms with Crippen LogP contribution >= 0.6 is 23.4 Å². The van der Waals surface area contributed by atoms with Crippen molar-refractivity contribution >= 4 is 40.2 Å². The summed E-state index contributed by atoms with van der Waals surface area (Å²) in [6.45, 7) is 0. The molecule has 3 aromatic rings. The summed E-state index contributed by atoms with van der Waals surface area (Å²) in [6.07, 6.45) is 0. The van der Waals surface area contributed by atoms with Crippen LogP contribution in [0.1, 0.15) is 10.5 Å². The summed E-state index contributed by atoms with van der Waals surface area (Å²) < 4.78 is 0. The van der Waals surface area contributed by atoms with E-state index in [0.29, 0.717) is 15.4 Å². The number of carboxylic acids is 1. The van der Waals surface area contributed by atoms with Gasteiger partial charge in [0.15, 0.2) is 5.69 Å². The molecule has 0 spiro atoms. The van der Waals surface area contributed by atoms with Crippen molar-refractivity contribution in [2.24, 2.45) is 0 Å². The molecule has 1 aromatic heterocycles. The lowest BCUT2D eigenvalue weighted by atomic mass is 10.2. The Labute approximate surface area is 129 Å². The van der Waals surface area contributed by atoms with Gasteiger partial charge in [0.25, 0.3) is 0 Å². The van der Waals surface area contributed by atoms with Crippen molar-refractivity contribution in [3.05, 3.63) is 59.2 Å². The molecule has 0 aliphatic heterocycles. The molecule has 0 unspecified atom stereocenters. The van der Waals surface area contributed by atoms with Crippen LogP contribution in [0.5, 0.6) is 0 Å².